The maximum atomic E-state index is 16.3. The Balaban J connectivity index is 1.21. The number of aromatic nitrogens is 6. The number of aliphatic imine (C=N–C) groups is 1. The van der Waals surface area contributed by atoms with Crippen LogP contribution in [0.4, 0.5) is 15.8 Å². The molecule has 0 unspecified atom stereocenters. The molecule has 210 valence electrons. The third-order valence-corrected chi connectivity index (χ3v) is 7.22. The van der Waals surface area contributed by atoms with Gasteiger partial charge in [-0.05, 0) is 29.8 Å². The van der Waals surface area contributed by atoms with Gasteiger partial charge in [-0.1, -0.05) is 30.3 Å². The standard InChI is InChI=1S/C32H24FN9O/c1-42-25-18-37-30(21-14-22(16-35-15-21)39-26(43)13-19-5-3-2-4-6-19)28(33)27(25)31(41-42)32-38-17-23-24(40-32)9-12-36-29(23)20-7-10-34-11-8-20/h2-12,14-16,18H,13,17H2,1H3,(H,38,40)(H,39,43). The van der Waals surface area contributed by atoms with Crippen LogP contribution < -0.4 is 10.6 Å². The molecule has 0 fully saturated rings. The van der Waals surface area contributed by atoms with Crippen molar-refractivity contribution < 1.29 is 9.18 Å². The normalized spacial score (nSPS) is 12.4. The molecule has 6 aromatic rings. The number of nitrogens with one attached hydrogen (secondary N) is 2. The minimum absolute atomic E-state index is 0.0920. The molecule has 10 nitrogen and oxygen atoms in total. The number of halogens is 1. The van der Waals surface area contributed by atoms with Crippen molar-refractivity contribution in [1.82, 2.24) is 29.7 Å². The molecular weight excluding hydrogens is 545 g/mol. The smallest absolute Gasteiger partial charge is 0.228 e. The highest BCUT2D eigenvalue weighted by Crippen LogP contribution is 2.33. The molecule has 5 aromatic heterocycles. The zero-order valence-electron chi connectivity index (χ0n) is 23.0. The maximum Gasteiger partial charge on any atom is 0.228 e. The minimum Gasteiger partial charge on any atom is -0.338 e. The molecule has 1 amide bonds. The lowest BCUT2D eigenvalue weighted by Crippen LogP contribution is -2.21. The van der Waals surface area contributed by atoms with Crippen LogP contribution >= 0.6 is 0 Å². The average molecular weight is 570 g/mol. The summed E-state index contributed by atoms with van der Waals surface area (Å²) in [4.78, 5) is 34.6. The first-order valence-corrected chi connectivity index (χ1v) is 13.6. The van der Waals surface area contributed by atoms with Crippen molar-refractivity contribution in [3.63, 3.8) is 0 Å². The first kappa shape index (κ1) is 26.1. The van der Waals surface area contributed by atoms with Gasteiger partial charge in [0.25, 0.3) is 0 Å². The Hall–Kier alpha value is -5.84. The third kappa shape index (κ3) is 4.97. The molecule has 0 bridgehead atoms. The quantitative estimate of drug-likeness (QED) is 0.283. The summed E-state index contributed by atoms with van der Waals surface area (Å²) < 4.78 is 17.9. The maximum absolute atomic E-state index is 16.3. The van der Waals surface area contributed by atoms with Gasteiger partial charge in [-0.3, -0.25) is 34.4 Å². The summed E-state index contributed by atoms with van der Waals surface area (Å²) >= 11 is 0. The number of carbonyl (C=O) groups excluding carboxylic acids is 1. The number of hydrogen-bond acceptors (Lipinski definition) is 8. The van der Waals surface area contributed by atoms with Gasteiger partial charge in [0, 0.05) is 54.2 Å². The number of hydrogen-bond donors (Lipinski definition) is 2. The van der Waals surface area contributed by atoms with E-state index in [2.05, 4.69) is 35.7 Å². The number of pyridine rings is 4. The molecular formula is C32H24FN9O. The summed E-state index contributed by atoms with van der Waals surface area (Å²) in [7, 11) is 1.74. The molecule has 2 N–H and O–H groups in total. The predicted molar refractivity (Wildman–Crippen MR) is 162 cm³/mol. The zero-order chi connectivity index (χ0) is 29.3. The van der Waals surface area contributed by atoms with Gasteiger partial charge in [0.2, 0.25) is 5.91 Å². The Labute approximate surface area is 245 Å². The van der Waals surface area contributed by atoms with Gasteiger partial charge in [-0.15, -0.1) is 0 Å². The molecule has 6 heterocycles. The highest BCUT2D eigenvalue weighted by atomic mass is 19.1. The van der Waals surface area contributed by atoms with Crippen molar-refractivity contribution in [3.8, 4) is 22.5 Å². The summed E-state index contributed by atoms with van der Waals surface area (Å²) in [6.07, 6.45) is 9.99. The fourth-order valence-electron chi connectivity index (χ4n) is 5.18. The van der Waals surface area contributed by atoms with Crippen molar-refractivity contribution in [3.05, 3.63) is 114 Å². The van der Waals surface area contributed by atoms with Gasteiger partial charge >= 0.3 is 0 Å². The third-order valence-electron chi connectivity index (χ3n) is 7.22. The first-order valence-electron chi connectivity index (χ1n) is 13.6. The first-order chi connectivity index (χ1) is 21.0. The summed E-state index contributed by atoms with van der Waals surface area (Å²) in [5, 5.41) is 11.1. The monoisotopic (exact) mass is 569 g/mol. The van der Waals surface area contributed by atoms with Crippen LogP contribution in [0.5, 0.6) is 0 Å². The Morgan fingerprint density at radius 1 is 0.930 bits per heavy atom. The molecule has 0 aliphatic carbocycles. The van der Waals surface area contributed by atoms with Gasteiger partial charge in [-0.25, -0.2) is 4.39 Å². The van der Waals surface area contributed by atoms with Crippen molar-refractivity contribution in [2.75, 3.05) is 10.6 Å². The number of amides is 1. The molecule has 11 heteroatoms. The average Bonchev–Trinajstić information content (AvgIpc) is 3.38. The Morgan fingerprint density at radius 2 is 1.77 bits per heavy atom. The number of nitrogens with zero attached hydrogens (tertiary/aromatic N) is 7. The van der Waals surface area contributed by atoms with Crippen LogP contribution in [-0.2, 0) is 24.8 Å². The second kappa shape index (κ2) is 10.9. The van der Waals surface area contributed by atoms with E-state index in [1.807, 2.05) is 48.5 Å². The molecule has 1 aliphatic heterocycles. The number of amidine groups is 1. The number of fused-ring (bicyclic) bond motifs is 2. The van der Waals surface area contributed by atoms with Crippen molar-refractivity contribution >= 4 is 34.0 Å². The number of aryl methyl sites for hydroxylation is 1. The Kier molecular flexibility index (Phi) is 6.59. The van der Waals surface area contributed by atoms with Gasteiger partial charge in [-0.2, -0.15) is 5.10 Å². The van der Waals surface area contributed by atoms with E-state index >= 15 is 4.39 Å². The van der Waals surface area contributed by atoms with E-state index in [9.17, 15) is 4.79 Å². The van der Waals surface area contributed by atoms with Crippen LogP contribution in [0.2, 0.25) is 0 Å². The van der Waals surface area contributed by atoms with E-state index in [0.29, 0.717) is 34.8 Å². The molecule has 43 heavy (non-hydrogen) atoms. The van der Waals surface area contributed by atoms with E-state index in [0.717, 1.165) is 28.1 Å². The molecule has 1 aliphatic rings. The fraction of sp³-hybridized carbons (Fsp3) is 0.0938. The SMILES string of the molecule is Cn1nc(C2=NCc3c(ccnc3-c3ccncc3)N2)c2c(F)c(-c3cncc(NC(=O)Cc4ccccc4)c3)ncc21. The zero-order valence-corrected chi connectivity index (χ0v) is 23.0. The highest BCUT2D eigenvalue weighted by molar-refractivity contribution is 6.15. The van der Waals surface area contributed by atoms with Crippen LogP contribution in [0.15, 0.2) is 96.8 Å². The number of carbonyl (C=O) groups is 1. The van der Waals surface area contributed by atoms with Gasteiger partial charge in [0.1, 0.15) is 11.4 Å². The Morgan fingerprint density at radius 3 is 2.60 bits per heavy atom. The number of benzene rings is 1. The number of rotatable bonds is 6. The van der Waals surface area contributed by atoms with E-state index < -0.39 is 5.82 Å². The predicted octanol–water partition coefficient (Wildman–Crippen LogP) is 5.18. The summed E-state index contributed by atoms with van der Waals surface area (Å²) in [5.74, 6) is -0.314. The van der Waals surface area contributed by atoms with Crippen LogP contribution in [0, 0.1) is 5.82 Å². The molecule has 0 spiro atoms. The molecule has 7 rings (SSSR count). The second-order valence-corrected chi connectivity index (χ2v) is 10.0. The van der Waals surface area contributed by atoms with E-state index in [1.54, 1.807) is 42.6 Å². The minimum atomic E-state index is -0.558. The highest BCUT2D eigenvalue weighted by Gasteiger charge is 2.25. The lowest BCUT2D eigenvalue weighted by Gasteiger charge is -2.20. The summed E-state index contributed by atoms with van der Waals surface area (Å²) in [5.41, 5.74) is 6.22. The van der Waals surface area contributed by atoms with E-state index in [-0.39, 0.29) is 23.4 Å². The van der Waals surface area contributed by atoms with Gasteiger partial charge in [0.05, 0.1) is 47.6 Å². The van der Waals surface area contributed by atoms with Gasteiger partial charge in [0.15, 0.2) is 11.7 Å². The van der Waals surface area contributed by atoms with Crippen molar-refractivity contribution in [1.29, 1.82) is 0 Å². The fourth-order valence-corrected chi connectivity index (χ4v) is 5.18. The van der Waals surface area contributed by atoms with E-state index in [1.165, 1.54) is 12.4 Å². The van der Waals surface area contributed by atoms with Crippen LogP contribution in [0.25, 0.3) is 33.4 Å². The number of anilines is 2. The van der Waals surface area contributed by atoms with Crippen molar-refractivity contribution in [2.45, 2.75) is 13.0 Å². The summed E-state index contributed by atoms with van der Waals surface area (Å²) in [6, 6.07) is 16.7. The van der Waals surface area contributed by atoms with Crippen LogP contribution in [0.3, 0.4) is 0 Å². The second-order valence-electron chi connectivity index (χ2n) is 10.0. The van der Waals surface area contributed by atoms with Crippen LogP contribution in [-0.4, -0.2) is 41.5 Å². The van der Waals surface area contributed by atoms with Crippen molar-refractivity contribution in [2.24, 2.45) is 12.0 Å². The van der Waals surface area contributed by atoms with Gasteiger partial charge < -0.3 is 10.6 Å². The lowest BCUT2D eigenvalue weighted by atomic mass is 10.0. The topological polar surface area (TPSA) is 123 Å². The Bertz CT molecular complexity index is 2020. The largest absolute Gasteiger partial charge is 0.338 e. The molecule has 0 saturated carbocycles. The summed E-state index contributed by atoms with van der Waals surface area (Å²) in [6.45, 7) is 0.343. The molecule has 0 saturated heterocycles. The van der Waals surface area contributed by atoms with Crippen LogP contribution in [0.1, 0.15) is 16.8 Å². The lowest BCUT2D eigenvalue weighted by molar-refractivity contribution is -0.115. The molecule has 0 radical (unpaired) electrons. The van der Waals surface area contributed by atoms with E-state index in [4.69, 9.17) is 4.99 Å². The molecule has 1 aromatic carbocycles. The molecule has 0 atom stereocenters.